The van der Waals surface area contributed by atoms with E-state index in [2.05, 4.69) is 44.0 Å². The summed E-state index contributed by atoms with van der Waals surface area (Å²) in [6.07, 6.45) is 3.85. The fourth-order valence-corrected chi connectivity index (χ4v) is 8.58. The van der Waals surface area contributed by atoms with E-state index in [4.69, 9.17) is 0 Å². The number of aliphatic hydroxyl groups excluding tert-OH is 1. The Morgan fingerprint density at radius 3 is 2.32 bits per heavy atom. The highest BCUT2D eigenvalue weighted by Gasteiger charge is 2.44. The number of phenolic OH excluding ortho intramolecular Hbond substituents is 1. The molecule has 4 heterocycles. The quantitative estimate of drug-likeness (QED) is 0.118. The average molecular weight is 814 g/mol. The SMILES string of the molecule is Cc1ncsc1-c1ccc(C(C)NC(=O)[C@@H]2C[C@@H](O)CN2C(=O)C(NC(=O)CN2CC=C(c3ccc(-c4cnnc(-c5ccccc5O)c4)cc3)CC2)C(C)(C)C)cc1. The number of hydrogen-bond donors (Lipinski definition) is 4. The number of carbonyl (C=O) groups is 3. The topological polar surface area (TPSA) is 161 Å². The Labute approximate surface area is 349 Å². The van der Waals surface area contributed by atoms with Crippen molar-refractivity contribution in [1.82, 2.24) is 35.6 Å². The van der Waals surface area contributed by atoms with Gasteiger partial charge in [-0.1, -0.05) is 87.5 Å². The smallest absolute Gasteiger partial charge is 0.246 e. The van der Waals surface area contributed by atoms with Crippen molar-refractivity contribution in [2.75, 3.05) is 26.2 Å². The van der Waals surface area contributed by atoms with Gasteiger partial charge >= 0.3 is 0 Å². The molecule has 2 aliphatic heterocycles. The van der Waals surface area contributed by atoms with Gasteiger partial charge in [0.05, 0.1) is 46.7 Å². The number of β-amino-alcohol motifs (C(OH)–C–C–N with tert-alkyl or cyclic N) is 1. The Morgan fingerprint density at radius 2 is 1.66 bits per heavy atom. The van der Waals surface area contributed by atoms with E-state index in [0.717, 1.165) is 44.8 Å². The van der Waals surface area contributed by atoms with Gasteiger partial charge in [-0.2, -0.15) is 10.2 Å². The molecular weight excluding hydrogens is 763 g/mol. The van der Waals surface area contributed by atoms with Crippen molar-refractivity contribution in [2.24, 2.45) is 5.41 Å². The van der Waals surface area contributed by atoms with Crippen molar-refractivity contribution in [3.63, 3.8) is 0 Å². The van der Waals surface area contributed by atoms with Crippen molar-refractivity contribution >= 4 is 34.6 Å². The summed E-state index contributed by atoms with van der Waals surface area (Å²) in [4.78, 5) is 50.3. The third kappa shape index (κ3) is 9.59. The molecule has 12 nitrogen and oxygen atoms in total. The second kappa shape index (κ2) is 17.6. The van der Waals surface area contributed by atoms with Crippen LogP contribution in [0.15, 0.2) is 96.6 Å². The number of likely N-dealkylation sites (tertiary alicyclic amines) is 1. The Bertz CT molecular complexity index is 2340. The Balaban J connectivity index is 0.945. The molecule has 4 atom stereocenters. The van der Waals surface area contributed by atoms with Crippen molar-refractivity contribution < 1.29 is 24.6 Å². The summed E-state index contributed by atoms with van der Waals surface area (Å²) in [6.45, 7) is 10.9. The summed E-state index contributed by atoms with van der Waals surface area (Å²) in [6, 6.07) is 23.1. The molecule has 0 saturated carbocycles. The fraction of sp³-hybridized carbons (Fsp3) is 0.348. The maximum absolute atomic E-state index is 14.2. The molecule has 3 aromatic carbocycles. The summed E-state index contributed by atoms with van der Waals surface area (Å²) in [5.41, 5.74) is 9.47. The molecule has 0 aliphatic carbocycles. The van der Waals surface area contributed by atoms with Gasteiger partial charge in [-0.25, -0.2) is 4.98 Å². The van der Waals surface area contributed by atoms with Crippen LogP contribution in [0.5, 0.6) is 5.75 Å². The van der Waals surface area contributed by atoms with Gasteiger partial charge in [-0.3, -0.25) is 19.3 Å². The van der Waals surface area contributed by atoms with Gasteiger partial charge in [0.2, 0.25) is 17.7 Å². The molecule has 0 spiro atoms. The molecule has 0 bridgehead atoms. The van der Waals surface area contributed by atoms with Gasteiger partial charge in [0.1, 0.15) is 17.8 Å². The van der Waals surface area contributed by atoms with Gasteiger partial charge in [-0.15, -0.1) is 11.3 Å². The first kappa shape index (κ1) is 41.4. The van der Waals surface area contributed by atoms with E-state index in [0.29, 0.717) is 24.3 Å². The molecule has 3 amide bonds. The number of aliphatic hydroxyl groups is 1. The lowest BCUT2D eigenvalue weighted by Gasteiger charge is -2.36. The number of aromatic nitrogens is 3. The van der Waals surface area contributed by atoms with E-state index in [1.54, 1.807) is 29.7 Å². The minimum Gasteiger partial charge on any atom is -0.507 e. The van der Waals surface area contributed by atoms with Gasteiger partial charge in [-0.05, 0) is 71.7 Å². The maximum atomic E-state index is 14.2. The lowest BCUT2D eigenvalue weighted by Crippen LogP contribution is -2.58. The van der Waals surface area contributed by atoms with Crippen LogP contribution in [-0.2, 0) is 14.4 Å². The molecule has 59 heavy (non-hydrogen) atoms. The molecule has 306 valence electrons. The fourth-order valence-electron chi connectivity index (χ4n) is 7.77. The van der Waals surface area contributed by atoms with Gasteiger partial charge in [0.25, 0.3) is 0 Å². The summed E-state index contributed by atoms with van der Waals surface area (Å²) in [5, 5.41) is 35.4. The number of nitrogens with zero attached hydrogens (tertiary/aromatic N) is 5. The number of rotatable bonds is 11. The largest absolute Gasteiger partial charge is 0.507 e. The zero-order valence-electron chi connectivity index (χ0n) is 34.1. The number of aromatic hydroxyl groups is 1. The summed E-state index contributed by atoms with van der Waals surface area (Å²) in [7, 11) is 0. The standard InChI is InChI=1S/C46H51N7O5S/c1-28(30-10-16-34(17-11-30)42-29(2)47-27-59-42)49-44(57)39-23-36(54)25-53(39)45(58)43(46(3,4)5)50-41(56)26-52-20-18-33(19-21-52)31-12-14-32(15-13-31)35-22-38(51-48-24-35)37-8-6-7-9-40(37)55/h6-18,22,24,27-28,36,39,43,54-55H,19-21,23,25-26H2,1-5H3,(H,49,57)(H,50,56)/t28?,36-,39+,43?/m1/s1. The molecule has 4 N–H and O–H groups in total. The van der Waals surface area contributed by atoms with Gasteiger partial charge in [0, 0.05) is 37.2 Å². The van der Waals surface area contributed by atoms with Crippen LogP contribution >= 0.6 is 11.3 Å². The Kier molecular flexibility index (Phi) is 12.4. The first-order valence-corrected chi connectivity index (χ1v) is 20.8. The van der Waals surface area contributed by atoms with Crippen molar-refractivity contribution in [3.8, 4) is 38.6 Å². The lowest BCUT2D eigenvalue weighted by atomic mass is 9.85. The molecule has 7 rings (SSSR count). The minimum atomic E-state index is -0.907. The molecule has 1 saturated heterocycles. The highest BCUT2D eigenvalue weighted by Crippen LogP contribution is 2.32. The van der Waals surface area contributed by atoms with E-state index in [-0.39, 0.29) is 49.0 Å². The highest BCUT2D eigenvalue weighted by molar-refractivity contribution is 7.13. The van der Waals surface area contributed by atoms with Crippen LogP contribution in [0.4, 0.5) is 0 Å². The predicted molar refractivity (Wildman–Crippen MR) is 230 cm³/mol. The second-order valence-electron chi connectivity index (χ2n) is 16.5. The molecule has 5 aromatic rings. The number of nitrogens with one attached hydrogen (secondary N) is 2. The summed E-state index contributed by atoms with van der Waals surface area (Å²) >= 11 is 1.58. The molecule has 2 aromatic heterocycles. The zero-order valence-corrected chi connectivity index (χ0v) is 34.9. The molecule has 1 fully saturated rings. The van der Waals surface area contributed by atoms with Crippen LogP contribution < -0.4 is 10.6 Å². The second-order valence-corrected chi connectivity index (χ2v) is 17.4. The third-order valence-corrected chi connectivity index (χ3v) is 12.1. The van der Waals surface area contributed by atoms with Crippen LogP contribution in [-0.4, -0.2) is 97.3 Å². The number of benzene rings is 3. The highest BCUT2D eigenvalue weighted by atomic mass is 32.1. The molecular formula is C46H51N7O5S. The number of aryl methyl sites for hydroxylation is 1. The van der Waals surface area contributed by atoms with E-state index in [9.17, 15) is 24.6 Å². The number of amides is 3. The Morgan fingerprint density at radius 1 is 0.949 bits per heavy atom. The van der Waals surface area contributed by atoms with Crippen molar-refractivity contribution in [1.29, 1.82) is 0 Å². The van der Waals surface area contributed by atoms with Gasteiger partial charge < -0.3 is 25.7 Å². The van der Waals surface area contributed by atoms with E-state index in [1.807, 2.05) is 99.6 Å². The normalized spacial score (nSPS) is 18.2. The third-order valence-electron chi connectivity index (χ3n) is 11.1. The number of phenols is 1. The average Bonchev–Trinajstić information content (AvgIpc) is 3.85. The molecule has 2 aliphatic rings. The summed E-state index contributed by atoms with van der Waals surface area (Å²) < 4.78 is 0. The lowest BCUT2D eigenvalue weighted by molar-refractivity contribution is -0.144. The maximum Gasteiger partial charge on any atom is 0.246 e. The van der Waals surface area contributed by atoms with Crippen LogP contribution in [0.2, 0.25) is 0 Å². The predicted octanol–water partition coefficient (Wildman–Crippen LogP) is 6.41. The summed E-state index contributed by atoms with van der Waals surface area (Å²) in [5.74, 6) is -0.861. The van der Waals surface area contributed by atoms with Crippen LogP contribution in [0.3, 0.4) is 0 Å². The molecule has 2 unspecified atom stereocenters. The number of para-hydroxylation sites is 1. The van der Waals surface area contributed by atoms with E-state index < -0.39 is 23.6 Å². The van der Waals surface area contributed by atoms with Crippen molar-refractivity contribution in [2.45, 2.75) is 71.7 Å². The Hall–Kier alpha value is -5.76. The van der Waals surface area contributed by atoms with E-state index in [1.165, 1.54) is 10.5 Å². The molecule has 0 radical (unpaired) electrons. The van der Waals surface area contributed by atoms with Crippen molar-refractivity contribution in [3.05, 3.63) is 113 Å². The first-order valence-electron chi connectivity index (χ1n) is 20.0. The first-order chi connectivity index (χ1) is 28.2. The number of carbonyl (C=O) groups excluding carboxylic acids is 3. The monoisotopic (exact) mass is 813 g/mol. The zero-order chi connectivity index (χ0) is 41.8. The number of hydrogen-bond acceptors (Lipinski definition) is 10. The molecule has 13 heteroatoms. The van der Waals surface area contributed by atoms with Crippen LogP contribution in [0.25, 0.3) is 38.4 Å². The van der Waals surface area contributed by atoms with Crippen LogP contribution in [0, 0.1) is 12.3 Å². The van der Waals surface area contributed by atoms with Gasteiger partial charge in [0.15, 0.2) is 0 Å². The van der Waals surface area contributed by atoms with Crippen LogP contribution in [0.1, 0.15) is 63.4 Å². The minimum absolute atomic E-state index is 0.00997. The number of thiazole rings is 1. The van der Waals surface area contributed by atoms with E-state index >= 15 is 0 Å².